The third-order valence-corrected chi connectivity index (χ3v) is 3.06. The van der Waals surface area contributed by atoms with Gasteiger partial charge in [-0.2, -0.15) is 0 Å². The number of hydrogen-bond donors (Lipinski definition) is 1. The van der Waals surface area contributed by atoms with Gasteiger partial charge >= 0.3 is 0 Å². The van der Waals surface area contributed by atoms with Gasteiger partial charge in [-0.15, -0.1) is 0 Å². The van der Waals surface area contributed by atoms with E-state index in [2.05, 4.69) is 27.8 Å². The summed E-state index contributed by atoms with van der Waals surface area (Å²) in [6, 6.07) is 6.75. The molecule has 1 unspecified atom stereocenters. The van der Waals surface area contributed by atoms with E-state index < -0.39 is 0 Å². The van der Waals surface area contributed by atoms with Gasteiger partial charge in [0.2, 0.25) is 0 Å². The predicted molar refractivity (Wildman–Crippen MR) is 67.4 cm³/mol. The highest BCUT2D eigenvalue weighted by molar-refractivity contribution is 5.76. The maximum Gasteiger partial charge on any atom is 0.106 e. The van der Waals surface area contributed by atoms with E-state index in [0.717, 1.165) is 24.2 Å². The molecule has 3 heteroatoms. The molecule has 0 amide bonds. The Labute approximate surface area is 96.3 Å². The first-order valence-corrected chi connectivity index (χ1v) is 5.75. The molecule has 0 aliphatic rings. The first-order chi connectivity index (χ1) is 7.58. The average Bonchev–Trinajstić information content (AvgIpc) is 2.52. The molecule has 1 aromatic heterocycles. The van der Waals surface area contributed by atoms with Gasteiger partial charge in [0.1, 0.15) is 5.82 Å². The fraction of sp³-hybridized carbons (Fsp3) is 0.462. The van der Waals surface area contributed by atoms with Crippen LogP contribution in [0.4, 0.5) is 0 Å². The summed E-state index contributed by atoms with van der Waals surface area (Å²) in [6.45, 7) is 4.07. The van der Waals surface area contributed by atoms with Gasteiger partial charge < -0.3 is 10.3 Å². The highest BCUT2D eigenvalue weighted by atomic mass is 15.0. The first-order valence-electron chi connectivity index (χ1n) is 5.75. The Morgan fingerprint density at radius 1 is 1.44 bits per heavy atom. The molecule has 0 radical (unpaired) electrons. The molecule has 2 aromatic rings. The van der Waals surface area contributed by atoms with Crippen molar-refractivity contribution in [3.63, 3.8) is 0 Å². The van der Waals surface area contributed by atoms with Crippen molar-refractivity contribution in [1.82, 2.24) is 9.55 Å². The van der Waals surface area contributed by atoms with Crippen molar-refractivity contribution in [2.24, 2.45) is 12.8 Å². The van der Waals surface area contributed by atoms with Crippen LogP contribution >= 0.6 is 0 Å². The van der Waals surface area contributed by atoms with E-state index in [1.165, 1.54) is 11.1 Å². The van der Waals surface area contributed by atoms with E-state index in [9.17, 15) is 0 Å². The number of benzene rings is 1. The highest BCUT2D eigenvalue weighted by Gasteiger charge is 2.05. The van der Waals surface area contributed by atoms with E-state index in [1.54, 1.807) is 0 Å². The number of nitrogens with two attached hydrogens (primary N) is 1. The normalized spacial score (nSPS) is 13.2. The topological polar surface area (TPSA) is 43.8 Å². The van der Waals surface area contributed by atoms with Gasteiger partial charge in [-0.25, -0.2) is 4.98 Å². The van der Waals surface area contributed by atoms with E-state index in [4.69, 9.17) is 5.73 Å². The van der Waals surface area contributed by atoms with Crippen LogP contribution in [0.3, 0.4) is 0 Å². The standard InChI is InChI=1S/C13H19N3/c1-9(14)4-5-11-6-7-13-12(8-11)15-10(2)16(13)3/h6-9H,4-5,14H2,1-3H3. The Morgan fingerprint density at radius 3 is 2.88 bits per heavy atom. The lowest BCUT2D eigenvalue weighted by molar-refractivity contribution is 0.666. The minimum atomic E-state index is 0.265. The zero-order valence-corrected chi connectivity index (χ0v) is 10.2. The third kappa shape index (κ3) is 2.09. The maximum atomic E-state index is 5.76. The van der Waals surface area contributed by atoms with Crippen molar-refractivity contribution in [3.8, 4) is 0 Å². The number of nitrogens with zero attached hydrogens (tertiary/aromatic N) is 2. The zero-order valence-electron chi connectivity index (χ0n) is 10.2. The van der Waals surface area contributed by atoms with Gasteiger partial charge in [0.15, 0.2) is 0 Å². The van der Waals surface area contributed by atoms with Gasteiger partial charge in [0.25, 0.3) is 0 Å². The molecule has 86 valence electrons. The maximum absolute atomic E-state index is 5.76. The fourth-order valence-corrected chi connectivity index (χ4v) is 1.92. The van der Waals surface area contributed by atoms with Crippen LogP contribution in [0.15, 0.2) is 18.2 Å². The molecule has 0 saturated heterocycles. The number of imidazole rings is 1. The van der Waals surface area contributed by atoms with Gasteiger partial charge in [-0.05, 0) is 44.4 Å². The number of hydrogen-bond acceptors (Lipinski definition) is 2. The van der Waals surface area contributed by atoms with Crippen LogP contribution in [0.2, 0.25) is 0 Å². The summed E-state index contributed by atoms with van der Waals surface area (Å²) in [5, 5.41) is 0. The summed E-state index contributed by atoms with van der Waals surface area (Å²) < 4.78 is 2.12. The summed E-state index contributed by atoms with van der Waals surface area (Å²) in [6.07, 6.45) is 2.06. The number of aryl methyl sites for hydroxylation is 3. The molecule has 0 saturated carbocycles. The predicted octanol–water partition coefficient (Wildman–Crippen LogP) is 2.16. The van der Waals surface area contributed by atoms with Crippen LogP contribution in [-0.2, 0) is 13.5 Å². The molecule has 0 aliphatic carbocycles. The number of rotatable bonds is 3. The van der Waals surface area contributed by atoms with Gasteiger partial charge in [-0.1, -0.05) is 6.07 Å². The van der Waals surface area contributed by atoms with Crippen LogP contribution in [0.5, 0.6) is 0 Å². The second-order valence-corrected chi connectivity index (χ2v) is 4.56. The first kappa shape index (κ1) is 11.1. The summed E-state index contributed by atoms with van der Waals surface area (Å²) in [5.41, 5.74) is 9.37. The quantitative estimate of drug-likeness (QED) is 0.856. The lowest BCUT2D eigenvalue weighted by atomic mass is 10.1. The molecule has 0 spiro atoms. The molecule has 3 nitrogen and oxygen atoms in total. The summed E-state index contributed by atoms with van der Waals surface area (Å²) in [5.74, 6) is 1.05. The minimum absolute atomic E-state index is 0.265. The Bertz CT molecular complexity index is 497. The summed E-state index contributed by atoms with van der Waals surface area (Å²) in [7, 11) is 2.05. The molecular formula is C13H19N3. The van der Waals surface area contributed by atoms with Crippen LogP contribution < -0.4 is 5.73 Å². The molecule has 2 N–H and O–H groups in total. The summed E-state index contributed by atoms with van der Waals surface area (Å²) in [4.78, 5) is 4.53. The molecule has 2 rings (SSSR count). The molecule has 0 fully saturated rings. The molecule has 1 heterocycles. The van der Waals surface area contributed by atoms with Crippen molar-refractivity contribution in [2.75, 3.05) is 0 Å². The van der Waals surface area contributed by atoms with Crippen LogP contribution in [0.25, 0.3) is 11.0 Å². The van der Waals surface area contributed by atoms with Crippen molar-refractivity contribution in [2.45, 2.75) is 32.7 Å². The Balaban J connectivity index is 2.30. The molecule has 0 bridgehead atoms. The van der Waals surface area contributed by atoms with Crippen molar-refractivity contribution in [1.29, 1.82) is 0 Å². The van der Waals surface area contributed by atoms with Gasteiger partial charge in [0.05, 0.1) is 11.0 Å². The molecule has 1 atom stereocenters. The monoisotopic (exact) mass is 217 g/mol. The van der Waals surface area contributed by atoms with E-state index >= 15 is 0 Å². The van der Waals surface area contributed by atoms with Gasteiger partial charge in [0, 0.05) is 13.1 Å². The zero-order chi connectivity index (χ0) is 11.7. The SMILES string of the molecule is Cc1nc2cc(CCC(C)N)ccc2n1C. The second-order valence-electron chi connectivity index (χ2n) is 4.56. The lowest BCUT2D eigenvalue weighted by Gasteiger charge is -2.05. The van der Waals surface area contributed by atoms with Gasteiger partial charge in [-0.3, -0.25) is 0 Å². The fourth-order valence-electron chi connectivity index (χ4n) is 1.92. The molecular weight excluding hydrogens is 198 g/mol. The Morgan fingerprint density at radius 2 is 2.19 bits per heavy atom. The van der Waals surface area contributed by atoms with E-state index in [-0.39, 0.29) is 6.04 Å². The Kier molecular flexibility index (Phi) is 2.97. The number of fused-ring (bicyclic) bond motifs is 1. The lowest BCUT2D eigenvalue weighted by Crippen LogP contribution is -2.15. The van der Waals surface area contributed by atoms with E-state index in [1.807, 2.05) is 20.9 Å². The third-order valence-electron chi connectivity index (χ3n) is 3.06. The average molecular weight is 217 g/mol. The molecule has 0 aliphatic heterocycles. The number of aromatic nitrogens is 2. The Hall–Kier alpha value is -1.35. The van der Waals surface area contributed by atoms with Crippen molar-refractivity contribution in [3.05, 3.63) is 29.6 Å². The smallest absolute Gasteiger partial charge is 0.106 e. The van der Waals surface area contributed by atoms with E-state index in [0.29, 0.717) is 0 Å². The van der Waals surface area contributed by atoms with Crippen molar-refractivity contribution >= 4 is 11.0 Å². The largest absolute Gasteiger partial charge is 0.331 e. The minimum Gasteiger partial charge on any atom is -0.331 e. The van der Waals surface area contributed by atoms with Crippen LogP contribution in [0.1, 0.15) is 24.7 Å². The summed E-state index contributed by atoms with van der Waals surface area (Å²) >= 11 is 0. The van der Waals surface area contributed by atoms with Crippen LogP contribution in [-0.4, -0.2) is 15.6 Å². The molecule has 1 aromatic carbocycles. The van der Waals surface area contributed by atoms with Crippen molar-refractivity contribution < 1.29 is 0 Å². The second kappa shape index (κ2) is 4.26. The van der Waals surface area contributed by atoms with Crippen LogP contribution in [0, 0.1) is 6.92 Å². The highest BCUT2D eigenvalue weighted by Crippen LogP contribution is 2.17. The molecule has 16 heavy (non-hydrogen) atoms.